The summed E-state index contributed by atoms with van der Waals surface area (Å²) in [6.45, 7) is 6.98. The van der Waals surface area contributed by atoms with Gasteiger partial charge in [0, 0.05) is 11.6 Å². The fourth-order valence-corrected chi connectivity index (χ4v) is 3.16. The van der Waals surface area contributed by atoms with Gasteiger partial charge in [-0.15, -0.1) is 0 Å². The first-order valence-corrected chi connectivity index (χ1v) is 8.65. The summed E-state index contributed by atoms with van der Waals surface area (Å²) in [5, 5.41) is 4.15. The highest BCUT2D eigenvalue weighted by atomic mass is 79.9. The molecular formula is C16H23BrClNO2. The zero-order valence-corrected chi connectivity index (χ0v) is 14.9. The Labute approximate surface area is 140 Å². The second-order valence-corrected chi connectivity index (χ2v) is 7.19. The van der Waals surface area contributed by atoms with E-state index in [1.807, 2.05) is 18.2 Å². The molecule has 2 unspecified atom stereocenters. The minimum Gasteiger partial charge on any atom is -0.490 e. The van der Waals surface area contributed by atoms with E-state index < -0.39 is 0 Å². The van der Waals surface area contributed by atoms with Crippen LogP contribution < -0.4 is 10.1 Å². The van der Waals surface area contributed by atoms with E-state index in [1.165, 1.54) is 0 Å². The van der Waals surface area contributed by atoms with Gasteiger partial charge in [-0.2, -0.15) is 0 Å². The zero-order chi connectivity index (χ0) is 15.2. The van der Waals surface area contributed by atoms with Gasteiger partial charge in [-0.25, -0.2) is 0 Å². The van der Waals surface area contributed by atoms with Crippen LogP contribution in [0, 0.1) is 5.92 Å². The summed E-state index contributed by atoms with van der Waals surface area (Å²) < 4.78 is 12.7. The average molecular weight is 377 g/mol. The molecule has 1 N–H and O–H groups in total. The van der Waals surface area contributed by atoms with Gasteiger partial charge in [0.05, 0.1) is 16.7 Å². The number of nitrogens with one attached hydrogen (secondary N) is 1. The third kappa shape index (κ3) is 5.78. The lowest BCUT2D eigenvalue weighted by atomic mass is 10.2. The van der Waals surface area contributed by atoms with E-state index in [1.54, 1.807) is 0 Å². The molecule has 21 heavy (non-hydrogen) atoms. The second-order valence-electron chi connectivity index (χ2n) is 5.90. The topological polar surface area (TPSA) is 30.5 Å². The van der Waals surface area contributed by atoms with Gasteiger partial charge in [-0.3, -0.25) is 0 Å². The summed E-state index contributed by atoms with van der Waals surface area (Å²) in [5.41, 5.74) is 0. The molecule has 0 aliphatic carbocycles. The molecule has 0 aromatic heterocycles. The van der Waals surface area contributed by atoms with Crippen molar-refractivity contribution in [1.29, 1.82) is 0 Å². The van der Waals surface area contributed by atoms with Crippen LogP contribution in [0.3, 0.4) is 0 Å². The molecule has 0 saturated carbocycles. The molecule has 2 rings (SSSR count). The fraction of sp³-hybridized carbons (Fsp3) is 0.625. The van der Waals surface area contributed by atoms with Crippen molar-refractivity contribution in [2.75, 3.05) is 19.7 Å². The maximum Gasteiger partial charge on any atom is 0.133 e. The van der Waals surface area contributed by atoms with Crippen molar-refractivity contribution in [2.24, 2.45) is 5.92 Å². The van der Waals surface area contributed by atoms with Gasteiger partial charge in [-0.1, -0.05) is 25.4 Å². The molecule has 1 fully saturated rings. The number of benzene rings is 1. The quantitative estimate of drug-likeness (QED) is 0.770. The normalized spacial score (nSPS) is 22.0. The molecule has 0 radical (unpaired) electrons. The summed E-state index contributed by atoms with van der Waals surface area (Å²) in [7, 11) is 0. The van der Waals surface area contributed by atoms with Crippen molar-refractivity contribution in [3.63, 3.8) is 0 Å². The summed E-state index contributed by atoms with van der Waals surface area (Å²) in [6, 6.07) is 5.55. The van der Waals surface area contributed by atoms with E-state index in [0.717, 1.165) is 36.2 Å². The third-order valence-electron chi connectivity index (χ3n) is 3.44. The van der Waals surface area contributed by atoms with Crippen molar-refractivity contribution in [3.8, 4) is 5.75 Å². The van der Waals surface area contributed by atoms with Crippen LogP contribution in [0.2, 0.25) is 5.02 Å². The van der Waals surface area contributed by atoms with Crippen LogP contribution in [-0.4, -0.2) is 31.9 Å². The number of hydrogen-bond donors (Lipinski definition) is 1. The van der Waals surface area contributed by atoms with Gasteiger partial charge in [0.2, 0.25) is 0 Å². The van der Waals surface area contributed by atoms with E-state index in [-0.39, 0.29) is 6.10 Å². The van der Waals surface area contributed by atoms with E-state index >= 15 is 0 Å². The first-order chi connectivity index (χ1) is 10.0. The predicted octanol–water partition coefficient (Wildman–Crippen LogP) is 4.27. The van der Waals surface area contributed by atoms with Crippen LogP contribution in [0.4, 0.5) is 0 Å². The minimum atomic E-state index is 0.179. The SMILES string of the molecule is CC(C)CNCC1CCC(COc2ccc(Cl)cc2Br)O1. The standard InChI is InChI=1S/C16H23BrClNO2/c1-11(2)8-19-9-13-4-5-14(21-13)10-20-16-6-3-12(18)7-15(16)17/h3,6-7,11,13-14,19H,4-5,8-10H2,1-2H3. The molecule has 1 heterocycles. The van der Waals surface area contributed by atoms with E-state index in [4.69, 9.17) is 21.1 Å². The van der Waals surface area contributed by atoms with Crippen LogP contribution >= 0.6 is 27.5 Å². The summed E-state index contributed by atoms with van der Waals surface area (Å²) in [5.74, 6) is 1.48. The van der Waals surface area contributed by atoms with Crippen molar-refractivity contribution in [2.45, 2.75) is 38.9 Å². The molecule has 1 aliphatic heterocycles. The third-order valence-corrected chi connectivity index (χ3v) is 4.29. The average Bonchev–Trinajstić information content (AvgIpc) is 2.85. The largest absolute Gasteiger partial charge is 0.490 e. The molecule has 1 aromatic carbocycles. The Balaban J connectivity index is 1.70. The van der Waals surface area contributed by atoms with Crippen molar-refractivity contribution < 1.29 is 9.47 Å². The summed E-state index contributed by atoms with van der Waals surface area (Å²) in [6.07, 6.45) is 2.64. The van der Waals surface area contributed by atoms with Gasteiger partial charge in [0.25, 0.3) is 0 Å². The first-order valence-electron chi connectivity index (χ1n) is 7.48. The number of hydrogen-bond acceptors (Lipinski definition) is 3. The lowest BCUT2D eigenvalue weighted by molar-refractivity contribution is 0.0182. The Morgan fingerprint density at radius 1 is 1.38 bits per heavy atom. The Morgan fingerprint density at radius 3 is 2.86 bits per heavy atom. The lowest BCUT2D eigenvalue weighted by Crippen LogP contribution is -2.30. The summed E-state index contributed by atoms with van der Waals surface area (Å²) >= 11 is 9.37. The van der Waals surface area contributed by atoms with Crippen LogP contribution in [-0.2, 0) is 4.74 Å². The lowest BCUT2D eigenvalue weighted by Gasteiger charge is -2.16. The highest BCUT2D eigenvalue weighted by Crippen LogP contribution is 2.29. The van der Waals surface area contributed by atoms with Crippen LogP contribution in [0.5, 0.6) is 5.75 Å². The molecule has 1 aliphatic rings. The molecule has 2 atom stereocenters. The highest BCUT2D eigenvalue weighted by molar-refractivity contribution is 9.10. The smallest absolute Gasteiger partial charge is 0.133 e. The molecule has 118 valence electrons. The Hall–Kier alpha value is -0.290. The van der Waals surface area contributed by atoms with Crippen molar-refractivity contribution >= 4 is 27.5 Å². The minimum absolute atomic E-state index is 0.179. The maximum atomic E-state index is 6.00. The number of halogens is 2. The van der Waals surface area contributed by atoms with E-state index in [9.17, 15) is 0 Å². The molecule has 1 aromatic rings. The molecule has 0 spiro atoms. The van der Waals surface area contributed by atoms with Gasteiger partial charge >= 0.3 is 0 Å². The molecule has 1 saturated heterocycles. The van der Waals surface area contributed by atoms with E-state index in [2.05, 4.69) is 35.1 Å². The van der Waals surface area contributed by atoms with Gasteiger partial charge in [0.15, 0.2) is 0 Å². The fourth-order valence-electron chi connectivity index (χ4n) is 2.36. The predicted molar refractivity (Wildman–Crippen MR) is 90.2 cm³/mol. The highest BCUT2D eigenvalue weighted by Gasteiger charge is 2.25. The van der Waals surface area contributed by atoms with Crippen LogP contribution in [0.25, 0.3) is 0 Å². The molecule has 5 heteroatoms. The Morgan fingerprint density at radius 2 is 2.14 bits per heavy atom. The monoisotopic (exact) mass is 375 g/mol. The van der Waals surface area contributed by atoms with Crippen LogP contribution in [0.1, 0.15) is 26.7 Å². The number of ether oxygens (including phenoxy) is 2. The van der Waals surface area contributed by atoms with Gasteiger partial charge in [0.1, 0.15) is 12.4 Å². The van der Waals surface area contributed by atoms with E-state index in [0.29, 0.717) is 23.7 Å². The second kappa shape index (κ2) is 8.37. The first kappa shape index (κ1) is 17.1. The Bertz CT molecular complexity index is 456. The number of rotatable bonds is 7. The summed E-state index contributed by atoms with van der Waals surface area (Å²) in [4.78, 5) is 0. The Kier molecular flexibility index (Phi) is 6.80. The van der Waals surface area contributed by atoms with Crippen molar-refractivity contribution in [1.82, 2.24) is 5.32 Å². The molecule has 3 nitrogen and oxygen atoms in total. The maximum absolute atomic E-state index is 6.00. The molecule has 0 bridgehead atoms. The van der Waals surface area contributed by atoms with Gasteiger partial charge in [-0.05, 0) is 59.4 Å². The molecular weight excluding hydrogens is 354 g/mol. The van der Waals surface area contributed by atoms with Gasteiger partial charge < -0.3 is 14.8 Å². The molecule has 0 amide bonds. The zero-order valence-electron chi connectivity index (χ0n) is 12.6. The van der Waals surface area contributed by atoms with Crippen molar-refractivity contribution in [3.05, 3.63) is 27.7 Å². The van der Waals surface area contributed by atoms with Crippen LogP contribution in [0.15, 0.2) is 22.7 Å².